The molecule has 2 aromatic carbocycles. The summed E-state index contributed by atoms with van der Waals surface area (Å²) in [5, 5.41) is 3.12. The normalized spacial score (nSPS) is 18.8. The van der Waals surface area contributed by atoms with Crippen LogP contribution < -0.4 is 5.32 Å². The molecule has 0 unspecified atom stereocenters. The summed E-state index contributed by atoms with van der Waals surface area (Å²) in [6.45, 7) is 0.120. The van der Waals surface area contributed by atoms with Crippen LogP contribution in [0, 0.1) is 5.82 Å². The maximum Gasteiger partial charge on any atom is 0.231 e. The largest absolute Gasteiger partial charge is 0.335 e. The highest BCUT2D eigenvalue weighted by Crippen LogP contribution is 2.38. The van der Waals surface area contributed by atoms with Crippen LogP contribution in [-0.2, 0) is 16.1 Å². The molecule has 0 saturated heterocycles. The van der Waals surface area contributed by atoms with Crippen molar-refractivity contribution in [1.29, 1.82) is 0 Å². The Labute approximate surface area is 155 Å². The monoisotopic (exact) mass is 372 g/mol. The van der Waals surface area contributed by atoms with Gasteiger partial charge in [-0.05, 0) is 36.6 Å². The van der Waals surface area contributed by atoms with Crippen molar-refractivity contribution in [2.45, 2.75) is 37.8 Å². The van der Waals surface area contributed by atoms with Gasteiger partial charge in [0, 0.05) is 28.7 Å². The van der Waals surface area contributed by atoms with E-state index in [1.165, 1.54) is 6.07 Å². The van der Waals surface area contributed by atoms with E-state index in [2.05, 4.69) is 5.32 Å². The second-order valence-electron chi connectivity index (χ2n) is 6.79. The van der Waals surface area contributed by atoms with E-state index in [-0.39, 0.29) is 30.8 Å². The van der Waals surface area contributed by atoms with Crippen molar-refractivity contribution >= 4 is 29.1 Å². The Kier molecular flexibility index (Phi) is 4.41. The maximum absolute atomic E-state index is 14.2. The van der Waals surface area contributed by atoms with Crippen LogP contribution in [-0.4, -0.2) is 22.8 Å². The quantitative estimate of drug-likeness (QED) is 0.878. The lowest BCUT2D eigenvalue weighted by molar-refractivity contribution is -0.136. The summed E-state index contributed by atoms with van der Waals surface area (Å²) >= 11 is 6.15. The van der Waals surface area contributed by atoms with E-state index in [1.54, 1.807) is 23.1 Å². The summed E-state index contributed by atoms with van der Waals surface area (Å²) in [6, 6.07) is 11.9. The van der Waals surface area contributed by atoms with Crippen LogP contribution in [0.5, 0.6) is 0 Å². The molecule has 134 valence electrons. The molecule has 1 aliphatic heterocycles. The average Bonchev–Trinajstić information content (AvgIpc) is 3.45. The van der Waals surface area contributed by atoms with Crippen LogP contribution in [0.25, 0.3) is 0 Å². The maximum atomic E-state index is 14.2. The molecule has 1 aliphatic carbocycles. The standard InChI is InChI=1S/C20H18ClFN2O2/c21-16-5-3-6-17(22)15(16)11-24(12-8-9-12)20(26)14-10-19(25)23-18-7-2-1-4-13(14)18/h1-7,12,14H,8-11H2,(H,23,25)/t14-/m0/s1. The Morgan fingerprint density at radius 3 is 2.69 bits per heavy atom. The number of benzene rings is 2. The molecule has 1 saturated carbocycles. The van der Waals surface area contributed by atoms with Crippen LogP contribution in [0.3, 0.4) is 0 Å². The first-order valence-electron chi connectivity index (χ1n) is 8.66. The fourth-order valence-corrected chi connectivity index (χ4v) is 3.68. The topological polar surface area (TPSA) is 49.4 Å². The summed E-state index contributed by atoms with van der Waals surface area (Å²) < 4.78 is 14.2. The molecule has 1 heterocycles. The summed E-state index contributed by atoms with van der Waals surface area (Å²) in [4.78, 5) is 27.0. The molecule has 2 aromatic rings. The fraction of sp³-hybridized carbons (Fsp3) is 0.300. The number of carbonyl (C=O) groups is 2. The van der Waals surface area contributed by atoms with Crippen molar-refractivity contribution in [1.82, 2.24) is 4.90 Å². The van der Waals surface area contributed by atoms with Crippen LogP contribution in [0.15, 0.2) is 42.5 Å². The number of hydrogen-bond acceptors (Lipinski definition) is 2. The minimum absolute atomic E-state index is 0.0790. The van der Waals surface area contributed by atoms with Crippen molar-refractivity contribution in [3.05, 3.63) is 64.4 Å². The summed E-state index contributed by atoms with van der Waals surface area (Å²) in [6.07, 6.45) is 1.88. The van der Waals surface area contributed by atoms with Gasteiger partial charge in [0.15, 0.2) is 0 Å². The van der Waals surface area contributed by atoms with E-state index in [1.807, 2.05) is 18.2 Å². The number of carbonyl (C=O) groups excluding carboxylic acids is 2. The smallest absolute Gasteiger partial charge is 0.231 e. The van der Waals surface area contributed by atoms with Gasteiger partial charge in [-0.3, -0.25) is 9.59 Å². The first kappa shape index (κ1) is 17.0. The number of halogens is 2. The third-order valence-corrected chi connectivity index (χ3v) is 5.31. The van der Waals surface area contributed by atoms with E-state index < -0.39 is 11.7 Å². The molecule has 4 nitrogen and oxygen atoms in total. The predicted octanol–water partition coefficient (Wildman–Crippen LogP) is 4.10. The Bertz CT molecular complexity index is 862. The molecule has 1 fully saturated rings. The zero-order chi connectivity index (χ0) is 18.3. The second-order valence-corrected chi connectivity index (χ2v) is 7.20. The average molecular weight is 373 g/mol. The predicted molar refractivity (Wildman–Crippen MR) is 97.4 cm³/mol. The van der Waals surface area contributed by atoms with Gasteiger partial charge in [0.25, 0.3) is 0 Å². The third-order valence-electron chi connectivity index (χ3n) is 4.96. The van der Waals surface area contributed by atoms with Gasteiger partial charge in [-0.1, -0.05) is 35.9 Å². The van der Waals surface area contributed by atoms with Crippen molar-refractivity contribution in [2.75, 3.05) is 5.32 Å². The molecule has 0 bridgehead atoms. The lowest BCUT2D eigenvalue weighted by Crippen LogP contribution is -2.39. The Morgan fingerprint density at radius 1 is 1.19 bits per heavy atom. The number of nitrogens with one attached hydrogen (secondary N) is 1. The lowest BCUT2D eigenvalue weighted by atomic mass is 9.89. The Morgan fingerprint density at radius 2 is 1.96 bits per heavy atom. The molecule has 2 amide bonds. The summed E-state index contributed by atoms with van der Waals surface area (Å²) in [5.41, 5.74) is 1.80. The number of fused-ring (bicyclic) bond motifs is 1. The summed E-state index contributed by atoms with van der Waals surface area (Å²) in [5.74, 6) is -1.29. The number of nitrogens with zero attached hydrogens (tertiary/aromatic N) is 1. The fourth-order valence-electron chi connectivity index (χ4n) is 3.46. The Hall–Kier alpha value is -2.40. The van der Waals surface area contributed by atoms with Gasteiger partial charge in [0.2, 0.25) is 11.8 Å². The number of anilines is 1. The molecule has 1 N–H and O–H groups in total. The molecule has 0 aromatic heterocycles. The van der Waals surface area contributed by atoms with Crippen molar-refractivity contribution < 1.29 is 14.0 Å². The molecule has 1 atom stereocenters. The van der Waals surface area contributed by atoms with Crippen molar-refractivity contribution in [3.63, 3.8) is 0 Å². The van der Waals surface area contributed by atoms with Crippen LogP contribution in [0.1, 0.15) is 36.3 Å². The second kappa shape index (κ2) is 6.72. The zero-order valence-corrected chi connectivity index (χ0v) is 14.8. The zero-order valence-electron chi connectivity index (χ0n) is 14.0. The molecule has 6 heteroatoms. The molecular weight excluding hydrogens is 355 g/mol. The SMILES string of the molecule is O=C1C[C@H](C(=O)N(Cc2c(F)cccc2Cl)C2CC2)c2ccccc2N1. The molecule has 0 radical (unpaired) electrons. The molecular formula is C20H18ClFN2O2. The first-order valence-corrected chi connectivity index (χ1v) is 9.04. The van der Waals surface area contributed by atoms with E-state index in [4.69, 9.17) is 11.6 Å². The van der Waals surface area contributed by atoms with Crippen molar-refractivity contribution in [3.8, 4) is 0 Å². The lowest BCUT2D eigenvalue weighted by Gasteiger charge is -2.31. The number of hydrogen-bond donors (Lipinski definition) is 1. The van der Waals surface area contributed by atoms with Crippen LogP contribution >= 0.6 is 11.6 Å². The number of amides is 2. The minimum Gasteiger partial charge on any atom is -0.335 e. The minimum atomic E-state index is -0.550. The van der Waals surface area contributed by atoms with Gasteiger partial charge in [-0.25, -0.2) is 4.39 Å². The number of rotatable bonds is 4. The van der Waals surface area contributed by atoms with Crippen LogP contribution in [0.4, 0.5) is 10.1 Å². The van der Waals surface area contributed by atoms with Gasteiger partial charge in [0.1, 0.15) is 5.82 Å². The van der Waals surface area contributed by atoms with Gasteiger partial charge < -0.3 is 10.2 Å². The first-order chi connectivity index (χ1) is 12.5. The highest BCUT2D eigenvalue weighted by Gasteiger charge is 2.39. The van der Waals surface area contributed by atoms with E-state index in [0.29, 0.717) is 16.3 Å². The molecule has 26 heavy (non-hydrogen) atoms. The molecule has 0 spiro atoms. The Balaban J connectivity index is 1.66. The highest BCUT2D eigenvalue weighted by atomic mass is 35.5. The highest BCUT2D eigenvalue weighted by molar-refractivity contribution is 6.31. The van der Waals surface area contributed by atoms with Crippen molar-refractivity contribution in [2.24, 2.45) is 0 Å². The molecule has 4 rings (SSSR count). The third kappa shape index (κ3) is 3.19. The number of para-hydroxylation sites is 1. The van der Waals surface area contributed by atoms with Gasteiger partial charge in [0.05, 0.1) is 12.5 Å². The van der Waals surface area contributed by atoms with Gasteiger partial charge in [-0.15, -0.1) is 0 Å². The van der Waals surface area contributed by atoms with E-state index in [9.17, 15) is 14.0 Å². The van der Waals surface area contributed by atoms with E-state index in [0.717, 1.165) is 18.4 Å². The summed E-state index contributed by atoms with van der Waals surface area (Å²) in [7, 11) is 0. The van der Waals surface area contributed by atoms with Gasteiger partial charge in [-0.2, -0.15) is 0 Å². The van der Waals surface area contributed by atoms with Gasteiger partial charge >= 0.3 is 0 Å². The van der Waals surface area contributed by atoms with E-state index >= 15 is 0 Å². The van der Waals surface area contributed by atoms with Crippen LogP contribution in [0.2, 0.25) is 5.02 Å². The molecule has 2 aliphatic rings.